The largest absolute Gasteiger partial charge is 0.507 e. The SMILES string of the molecule is CCOC(=O)c1[nH]c(C)c(/C(O)=C2\C(=O)C(=O)N(CCCN(C)C)[C@@H]2c2ccncc2)c1C. The fourth-order valence-corrected chi connectivity index (χ4v) is 4.21. The molecular formula is C24H30N4O5. The van der Waals surface area contributed by atoms with Crippen LogP contribution < -0.4 is 0 Å². The Morgan fingerprint density at radius 2 is 1.91 bits per heavy atom. The molecule has 0 radical (unpaired) electrons. The van der Waals surface area contributed by atoms with Crippen LogP contribution in [-0.4, -0.2) is 76.3 Å². The molecular weight excluding hydrogens is 424 g/mol. The van der Waals surface area contributed by atoms with Crippen LogP contribution in [0.1, 0.15) is 52.3 Å². The maximum atomic E-state index is 13.1. The van der Waals surface area contributed by atoms with E-state index in [1.165, 1.54) is 4.90 Å². The molecule has 1 atom stereocenters. The Kier molecular flexibility index (Phi) is 7.33. The van der Waals surface area contributed by atoms with Crippen LogP contribution in [0, 0.1) is 13.8 Å². The van der Waals surface area contributed by atoms with E-state index in [9.17, 15) is 19.5 Å². The van der Waals surface area contributed by atoms with Crippen molar-refractivity contribution >= 4 is 23.4 Å². The Labute approximate surface area is 193 Å². The van der Waals surface area contributed by atoms with E-state index in [2.05, 4.69) is 9.97 Å². The number of ether oxygens (including phenoxy) is 1. The molecule has 0 unspecified atom stereocenters. The number of Topliss-reactive ketones (excluding diaryl/α,β-unsaturated/α-hetero) is 1. The second-order valence-electron chi connectivity index (χ2n) is 8.28. The zero-order valence-electron chi connectivity index (χ0n) is 19.6. The first-order valence-corrected chi connectivity index (χ1v) is 10.9. The highest BCUT2D eigenvalue weighted by molar-refractivity contribution is 6.46. The standard InChI is InChI=1S/C24H30N4O5/c1-6-33-24(32)19-14(2)17(15(3)26-19)21(29)18-20(16-8-10-25-11-9-16)28(23(31)22(18)30)13-7-12-27(4)5/h8-11,20,26,29H,6-7,12-13H2,1-5H3/b21-18+/t20-/m1/s1. The van der Waals surface area contributed by atoms with E-state index in [4.69, 9.17) is 4.74 Å². The predicted molar refractivity (Wildman–Crippen MR) is 123 cm³/mol. The Morgan fingerprint density at radius 3 is 2.52 bits per heavy atom. The molecule has 1 aliphatic rings. The molecule has 176 valence electrons. The third-order valence-corrected chi connectivity index (χ3v) is 5.72. The third-order valence-electron chi connectivity index (χ3n) is 5.72. The molecule has 2 N–H and O–H groups in total. The highest BCUT2D eigenvalue weighted by Gasteiger charge is 2.46. The van der Waals surface area contributed by atoms with Crippen LogP contribution in [0.5, 0.6) is 0 Å². The van der Waals surface area contributed by atoms with Gasteiger partial charge in [0, 0.05) is 30.2 Å². The summed E-state index contributed by atoms with van der Waals surface area (Å²) >= 11 is 0. The molecule has 9 nitrogen and oxygen atoms in total. The summed E-state index contributed by atoms with van der Waals surface area (Å²) in [5, 5.41) is 11.3. The quantitative estimate of drug-likeness (QED) is 0.273. The van der Waals surface area contributed by atoms with Gasteiger partial charge in [-0.15, -0.1) is 0 Å². The van der Waals surface area contributed by atoms with Gasteiger partial charge in [-0.1, -0.05) is 0 Å². The lowest BCUT2D eigenvalue weighted by Gasteiger charge is -2.25. The van der Waals surface area contributed by atoms with Crippen molar-refractivity contribution in [3.05, 3.63) is 58.2 Å². The molecule has 1 aliphatic heterocycles. The topological polar surface area (TPSA) is 116 Å². The van der Waals surface area contributed by atoms with Crippen molar-refractivity contribution in [2.45, 2.75) is 33.2 Å². The van der Waals surface area contributed by atoms with Crippen LogP contribution in [0.25, 0.3) is 5.76 Å². The van der Waals surface area contributed by atoms with Crippen LogP contribution in [0.2, 0.25) is 0 Å². The first kappa shape index (κ1) is 24.2. The van der Waals surface area contributed by atoms with Gasteiger partial charge in [-0.2, -0.15) is 0 Å². The number of carbonyl (C=O) groups is 3. The fraction of sp³-hybridized carbons (Fsp3) is 0.417. The number of aromatic nitrogens is 2. The van der Waals surface area contributed by atoms with Crippen molar-refractivity contribution < 1.29 is 24.2 Å². The number of nitrogens with one attached hydrogen (secondary N) is 1. The molecule has 9 heteroatoms. The molecule has 3 heterocycles. The lowest BCUT2D eigenvalue weighted by Crippen LogP contribution is -2.32. The van der Waals surface area contributed by atoms with Gasteiger partial charge in [0.05, 0.1) is 18.2 Å². The van der Waals surface area contributed by atoms with E-state index >= 15 is 0 Å². The molecule has 0 saturated carbocycles. The van der Waals surface area contributed by atoms with E-state index in [0.29, 0.717) is 35.3 Å². The highest BCUT2D eigenvalue weighted by Crippen LogP contribution is 2.40. The summed E-state index contributed by atoms with van der Waals surface area (Å²) in [5.74, 6) is -2.27. The van der Waals surface area contributed by atoms with Crippen molar-refractivity contribution in [3.63, 3.8) is 0 Å². The second-order valence-corrected chi connectivity index (χ2v) is 8.28. The smallest absolute Gasteiger partial charge is 0.355 e. The number of hydrogen-bond acceptors (Lipinski definition) is 7. The number of esters is 1. The number of hydrogen-bond donors (Lipinski definition) is 2. The van der Waals surface area contributed by atoms with Gasteiger partial charge in [-0.25, -0.2) is 4.79 Å². The van der Waals surface area contributed by atoms with E-state index in [0.717, 1.165) is 6.54 Å². The lowest BCUT2D eigenvalue weighted by molar-refractivity contribution is -0.139. The summed E-state index contributed by atoms with van der Waals surface area (Å²) in [4.78, 5) is 48.9. The maximum absolute atomic E-state index is 13.1. The summed E-state index contributed by atoms with van der Waals surface area (Å²) in [6.07, 6.45) is 3.83. The Bertz CT molecular complexity index is 1090. The molecule has 1 amide bonds. The van der Waals surface area contributed by atoms with E-state index in [-0.39, 0.29) is 23.6 Å². The number of aromatic amines is 1. The number of likely N-dealkylation sites (tertiary alicyclic amines) is 1. The summed E-state index contributed by atoms with van der Waals surface area (Å²) < 4.78 is 5.08. The van der Waals surface area contributed by atoms with Gasteiger partial charge in [0.15, 0.2) is 0 Å². The molecule has 2 aromatic heterocycles. The first-order chi connectivity index (χ1) is 15.7. The lowest BCUT2D eigenvalue weighted by atomic mass is 9.94. The predicted octanol–water partition coefficient (Wildman–Crippen LogP) is 2.58. The summed E-state index contributed by atoms with van der Waals surface area (Å²) in [5.41, 5.74) is 2.15. The van der Waals surface area contributed by atoms with Crippen LogP contribution >= 0.6 is 0 Å². The van der Waals surface area contributed by atoms with Gasteiger partial charge >= 0.3 is 5.97 Å². The maximum Gasteiger partial charge on any atom is 0.355 e. The summed E-state index contributed by atoms with van der Waals surface area (Å²) in [6, 6.07) is 2.70. The molecule has 0 aliphatic carbocycles. The Balaban J connectivity index is 2.13. The van der Waals surface area contributed by atoms with E-state index < -0.39 is 23.7 Å². The van der Waals surface area contributed by atoms with Crippen LogP contribution in [0.15, 0.2) is 30.1 Å². The molecule has 3 rings (SSSR count). The third kappa shape index (κ3) is 4.68. The molecule has 1 saturated heterocycles. The first-order valence-electron chi connectivity index (χ1n) is 10.9. The molecule has 0 aromatic carbocycles. The fourth-order valence-electron chi connectivity index (χ4n) is 4.21. The normalized spacial score (nSPS) is 17.8. The minimum Gasteiger partial charge on any atom is -0.507 e. The summed E-state index contributed by atoms with van der Waals surface area (Å²) in [6.45, 7) is 6.36. The number of rotatable bonds is 8. The average Bonchev–Trinajstić information content (AvgIpc) is 3.21. The number of aliphatic hydroxyl groups excluding tert-OH is 1. The Hall–Kier alpha value is -3.46. The number of nitrogens with zero attached hydrogens (tertiary/aromatic N) is 3. The summed E-state index contributed by atoms with van der Waals surface area (Å²) in [7, 11) is 3.88. The number of amides is 1. The van der Waals surface area contributed by atoms with Crippen molar-refractivity contribution in [1.29, 1.82) is 0 Å². The van der Waals surface area contributed by atoms with Gasteiger partial charge in [0.25, 0.3) is 11.7 Å². The number of carbonyl (C=O) groups excluding carboxylic acids is 3. The highest BCUT2D eigenvalue weighted by atomic mass is 16.5. The van der Waals surface area contributed by atoms with Crippen molar-refractivity contribution in [1.82, 2.24) is 19.8 Å². The second kappa shape index (κ2) is 9.99. The zero-order valence-corrected chi connectivity index (χ0v) is 19.6. The van der Waals surface area contributed by atoms with Crippen LogP contribution in [0.4, 0.5) is 0 Å². The number of H-pyrrole nitrogens is 1. The molecule has 0 bridgehead atoms. The van der Waals surface area contributed by atoms with E-state index in [1.807, 2.05) is 19.0 Å². The van der Waals surface area contributed by atoms with Crippen molar-refractivity contribution in [2.24, 2.45) is 0 Å². The molecule has 0 spiro atoms. The minimum absolute atomic E-state index is 0.00309. The van der Waals surface area contributed by atoms with Gasteiger partial charge in [0.2, 0.25) is 0 Å². The minimum atomic E-state index is -0.755. The van der Waals surface area contributed by atoms with Crippen molar-refractivity contribution in [3.8, 4) is 0 Å². The van der Waals surface area contributed by atoms with Gasteiger partial charge in [0.1, 0.15) is 11.5 Å². The zero-order chi connectivity index (χ0) is 24.3. The van der Waals surface area contributed by atoms with E-state index in [1.54, 1.807) is 45.3 Å². The number of aryl methyl sites for hydroxylation is 1. The van der Waals surface area contributed by atoms with Crippen LogP contribution in [-0.2, 0) is 14.3 Å². The van der Waals surface area contributed by atoms with Crippen molar-refractivity contribution in [2.75, 3.05) is 33.8 Å². The average molecular weight is 455 g/mol. The monoisotopic (exact) mass is 454 g/mol. The molecule has 1 fully saturated rings. The van der Waals surface area contributed by atoms with Gasteiger partial charge in [-0.05, 0) is 71.1 Å². The number of ketones is 1. The molecule has 2 aromatic rings. The Morgan fingerprint density at radius 1 is 1.24 bits per heavy atom. The van der Waals surface area contributed by atoms with Gasteiger partial charge < -0.3 is 24.6 Å². The molecule has 33 heavy (non-hydrogen) atoms. The van der Waals surface area contributed by atoms with Crippen LogP contribution in [0.3, 0.4) is 0 Å². The number of aliphatic hydroxyl groups is 1. The van der Waals surface area contributed by atoms with Gasteiger partial charge in [-0.3, -0.25) is 14.6 Å². The number of pyridine rings is 1.